The van der Waals surface area contributed by atoms with E-state index in [9.17, 15) is 14.7 Å². The minimum atomic E-state index is -0.808. The Labute approximate surface area is 192 Å². The second-order valence-electron chi connectivity index (χ2n) is 7.62. The van der Waals surface area contributed by atoms with Gasteiger partial charge in [-0.2, -0.15) is 0 Å². The summed E-state index contributed by atoms with van der Waals surface area (Å²) < 4.78 is 11.0. The number of carbonyl (C=O) groups excluding carboxylic acids is 2. The van der Waals surface area contributed by atoms with Crippen LogP contribution < -0.4 is 14.4 Å². The number of anilines is 1. The van der Waals surface area contributed by atoms with Crippen LogP contribution in [0.3, 0.4) is 0 Å². The lowest BCUT2D eigenvalue weighted by Gasteiger charge is -2.25. The van der Waals surface area contributed by atoms with Crippen LogP contribution >= 0.6 is 0 Å². The Hall–Kier alpha value is -4.06. The third-order valence-corrected chi connectivity index (χ3v) is 5.51. The van der Waals surface area contributed by atoms with E-state index in [0.717, 1.165) is 6.42 Å². The van der Waals surface area contributed by atoms with Crippen molar-refractivity contribution >= 4 is 23.1 Å². The fourth-order valence-electron chi connectivity index (χ4n) is 3.95. The number of ketones is 1. The molecule has 1 atom stereocenters. The average Bonchev–Trinajstić information content (AvgIpc) is 3.13. The SMILES string of the molecule is CCCOc1ccc(C2/C(=C(/O)c3ccccc3OC)C(=O)C(=O)N2c2ccccc2)cc1. The summed E-state index contributed by atoms with van der Waals surface area (Å²) in [7, 11) is 1.49. The normalized spacial score (nSPS) is 17.3. The van der Waals surface area contributed by atoms with Gasteiger partial charge >= 0.3 is 0 Å². The predicted octanol–water partition coefficient (Wildman–Crippen LogP) is 5.11. The number of benzene rings is 3. The number of para-hydroxylation sites is 2. The topological polar surface area (TPSA) is 76.1 Å². The molecular formula is C27H25NO5. The first-order valence-electron chi connectivity index (χ1n) is 10.8. The quantitative estimate of drug-likeness (QED) is 0.312. The van der Waals surface area contributed by atoms with E-state index in [1.165, 1.54) is 12.0 Å². The molecule has 6 heteroatoms. The number of amides is 1. The summed E-state index contributed by atoms with van der Waals surface area (Å²) >= 11 is 0. The number of hydrogen-bond donors (Lipinski definition) is 1. The minimum absolute atomic E-state index is 0.00980. The number of aliphatic hydroxyl groups excluding tert-OH is 1. The van der Waals surface area contributed by atoms with Crippen LogP contribution in [0.5, 0.6) is 11.5 Å². The molecular weight excluding hydrogens is 418 g/mol. The molecule has 0 aromatic heterocycles. The Bertz CT molecular complexity index is 1180. The standard InChI is InChI=1S/C27H25NO5/c1-3-17-33-20-15-13-18(14-16-20)24-23(25(29)21-11-7-8-12-22(21)32-2)26(30)27(31)28(24)19-9-5-4-6-10-19/h4-16,24,29H,3,17H2,1-2H3/b25-23-. The molecule has 0 aliphatic carbocycles. The van der Waals surface area contributed by atoms with Gasteiger partial charge in [-0.15, -0.1) is 0 Å². The van der Waals surface area contributed by atoms with E-state index in [4.69, 9.17) is 9.47 Å². The van der Waals surface area contributed by atoms with Crippen LogP contribution in [0, 0.1) is 0 Å². The van der Waals surface area contributed by atoms with Crippen LogP contribution in [0.15, 0.2) is 84.4 Å². The van der Waals surface area contributed by atoms with Crippen LogP contribution in [-0.4, -0.2) is 30.5 Å². The molecule has 1 amide bonds. The molecule has 4 rings (SSSR count). The van der Waals surface area contributed by atoms with Gasteiger partial charge in [0.1, 0.15) is 17.3 Å². The second kappa shape index (κ2) is 9.61. The fourth-order valence-corrected chi connectivity index (χ4v) is 3.95. The maximum absolute atomic E-state index is 13.2. The maximum atomic E-state index is 13.2. The summed E-state index contributed by atoms with van der Waals surface area (Å²) in [6.07, 6.45) is 0.884. The molecule has 0 radical (unpaired) electrons. The van der Waals surface area contributed by atoms with Gasteiger partial charge in [0.2, 0.25) is 0 Å². The van der Waals surface area contributed by atoms with Crippen molar-refractivity contribution in [3.05, 3.63) is 95.6 Å². The summed E-state index contributed by atoms with van der Waals surface area (Å²) in [5.41, 5.74) is 1.60. The molecule has 1 fully saturated rings. The molecule has 168 valence electrons. The first-order chi connectivity index (χ1) is 16.1. The summed E-state index contributed by atoms with van der Waals surface area (Å²) in [6, 6.07) is 22.2. The van der Waals surface area contributed by atoms with Gasteiger partial charge in [0.15, 0.2) is 0 Å². The molecule has 1 heterocycles. The molecule has 1 unspecified atom stereocenters. The van der Waals surface area contributed by atoms with Gasteiger partial charge < -0.3 is 14.6 Å². The van der Waals surface area contributed by atoms with E-state index in [1.807, 2.05) is 25.1 Å². The predicted molar refractivity (Wildman–Crippen MR) is 126 cm³/mol. The second-order valence-corrected chi connectivity index (χ2v) is 7.62. The van der Waals surface area contributed by atoms with Crippen molar-refractivity contribution in [2.24, 2.45) is 0 Å². The Morgan fingerprint density at radius 1 is 0.939 bits per heavy atom. The zero-order valence-electron chi connectivity index (χ0n) is 18.5. The van der Waals surface area contributed by atoms with Gasteiger partial charge in [0, 0.05) is 5.69 Å². The molecule has 6 nitrogen and oxygen atoms in total. The van der Waals surface area contributed by atoms with Gasteiger partial charge in [0.25, 0.3) is 11.7 Å². The lowest BCUT2D eigenvalue weighted by molar-refractivity contribution is -0.132. The van der Waals surface area contributed by atoms with Crippen molar-refractivity contribution in [1.82, 2.24) is 0 Å². The number of hydrogen-bond acceptors (Lipinski definition) is 5. The van der Waals surface area contributed by atoms with Crippen LogP contribution in [0.2, 0.25) is 0 Å². The third-order valence-electron chi connectivity index (χ3n) is 5.51. The Morgan fingerprint density at radius 2 is 1.61 bits per heavy atom. The average molecular weight is 443 g/mol. The van der Waals surface area contributed by atoms with Crippen LogP contribution in [0.1, 0.15) is 30.5 Å². The summed E-state index contributed by atoms with van der Waals surface area (Å²) in [4.78, 5) is 27.8. The molecule has 1 aliphatic rings. The lowest BCUT2D eigenvalue weighted by atomic mass is 9.94. The molecule has 1 N–H and O–H groups in total. The molecule has 3 aromatic rings. The largest absolute Gasteiger partial charge is 0.507 e. The third kappa shape index (κ3) is 4.20. The first kappa shape index (κ1) is 22.1. The maximum Gasteiger partial charge on any atom is 0.300 e. The number of carbonyl (C=O) groups is 2. The lowest BCUT2D eigenvalue weighted by Crippen LogP contribution is -2.29. The summed E-state index contributed by atoms with van der Waals surface area (Å²) in [5, 5.41) is 11.3. The van der Waals surface area contributed by atoms with Crippen molar-refractivity contribution in [1.29, 1.82) is 0 Å². The monoisotopic (exact) mass is 443 g/mol. The Kier molecular flexibility index (Phi) is 6.45. The molecule has 33 heavy (non-hydrogen) atoms. The van der Waals surface area contributed by atoms with Crippen LogP contribution in [0.25, 0.3) is 5.76 Å². The Morgan fingerprint density at radius 3 is 2.27 bits per heavy atom. The van der Waals surface area contributed by atoms with Gasteiger partial charge in [0.05, 0.1) is 30.9 Å². The smallest absolute Gasteiger partial charge is 0.300 e. The van der Waals surface area contributed by atoms with E-state index in [-0.39, 0.29) is 11.3 Å². The van der Waals surface area contributed by atoms with Crippen molar-refractivity contribution in [3.8, 4) is 11.5 Å². The van der Waals surface area contributed by atoms with E-state index in [2.05, 4.69) is 0 Å². The van der Waals surface area contributed by atoms with Gasteiger partial charge in [-0.1, -0.05) is 49.4 Å². The minimum Gasteiger partial charge on any atom is -0.507 e. The highest BCUT2D eigenvalue weighted by Gasteiger charge is 2.47. The zero-order chi connectivity index (χ0) is 23.4. The van der Waals surface area contributed by atoms with Crippen molar-refractivity contribution in [3.63, 3.8) is 0 Å². The molecule has 3 aromatic carbocycles. The molecule has 0 spiro atoms. The van der Waals surface area contributed by atoms with Crippen molar-refractivity contribution < 1.29 is 24.2 Å². The van der Waals surface area contributed by atoms with E-state index >= 15 is 0 Å². The zero-order valence-corrected chi connectivity index (χ0v) is 18.5. The van der Waals surface area contributed by atoms with E-state index in [1.54, 1.807) is 60.7 Å². The molecule has 1 aliphatic heterocycles. The van der Waals surface area contributed by atoms with Crippen LogP contribution in [-0.2, 0) is 9.59 Å². The fraction of sp³-hybridized carbons (Fsp3) is 0.185. The highest BCUT2D eigenvalue weighted by atomic mass is 16.5. The van der Waals surface area contributed by atoms with Crippen LogP contribution in [0.4, 0.5) is 5.69 Å². The molecule has 1 saturated heterocycles. The number of nitrogens with zero attached hydrogens (tertiary/aromatic N) is 1. The van der Waals surface area contributed by atoms with Gasteiger partial charge in [-0.05, 0) is 48.4 Å². The van der Waals surface area contributed by atoms with E-state index < -0.39 is 17.7 Å². The summed E-state index contributed by atoms with van der Waals surface area (Å²) in [5.74, 6) is -0.627. The Balaban J connectivity index is 1.89. The number of Topliss-reactive ketones (excluding diaryl/α,β-unsaturated/α-hetero) is 1. The van der Waals surface area contributed by atoms with Gasteiger partial charge in [-0.3, -0.25) is 14.5 Å². The number of rotatable bonds is 7. The molecule has 0 saturated carbocycles. The van der Waals surface area contributed by atoms with Crippen molar-refractivity contribution in [2.45, 2.75) is 19.4 Å². The first-order valence-corrected chi connectivity index (χ1v) is 10.8. The highest BCUT2D eigenvalue weighted by molar-refractivity contribution is 6.51. The number of ether oxygens (including phenoxy) is 2. The highest BCUT2D eigenvalue weighted by Crippen LogP contribution is 2.43. The van der Waals surface area contributed by atoms with E-state index in [0.29, 0.717) is 34.9 Å². The number of aliphatic hydroxyl groups is 1. The molecule has 0 bridgehead atoms. The van der Waals surface area contributed by atoms with Gasteiger partial charge in [-0.25, -0.2) is 0 Å². The van der Waals surface area contributed by atoms with Crippen molar-refractivity contribution in [2.75, 3.05) is 18.6 Å². The summed E-state index contributed by atoms with van der Waals surface area (Å²) in [6.45, 7) is 2.62. The number of methoxy groups -OCH3 is 1.